The van der Waals surface area contributed by atoms with Gasteiger partial charge in [0.05, 0.1) is 48.8 Å². The molecule has 9 rings (SSSR count). The first-order valence-electron chi connectivity index (χ1n) is 25.2. The third-order valence-electron chi connectivity index (χ3n) is 18.3. The maximum atomic E-state index is 12.6. The second kappa shape index (κ2) is 19.8. The van der Waals surface area contributed by atoms with Crippen molar-refractivity contribution < 1.29 is 92.7 Å². The Morgan fingerprint density at radius 3 is 1.94 bits per heavy atom. The maximum absolute atomic E-state index is 12.6. The monoisotopic (exact) mass is 968 g/mol. The molecule has 0 aromatic rings. The first-order chi connectivity index (χ1) is 32.2. The van der Waals surface area contributed by atoms with E-state index in [1.807, 2.05) is 6.92 Å². The molecule has 0 unspecified atom stereocenters. The third kappa shape index (κ3) is 9.36. The number of fused-ring (bicyclic) bond motifs is 5. The first-order valence-corrected chi connectivity index (χ1v) is 25.2. The number of hydrogen-bond acceptors (Lipinski definition) is 19. The topological polar surface area (TPSA) is 268 Å². The molecular weight excluding hydrogens is 893 g/mol. The fourth-order valence-corrected chi connectivity index (χ4v) is 14.6. The van der Waals surface area contributed by atoms with Crippen LogP contribution in [0.15, 0.2) is 11.6 Å². The predicted octanol–water partition coefficient (Wildman–Crippen LogP) is 1.64. The summed E-state index contributed by atoms with van der Waals surface area (Å²) in [7, 11) is 0. The van der Waals surface area contributed by atoms with Crippen LogP contribution in [0.2, 0.25) is 0 Å². The van der Waals surface area contributed by atoms with Crippen molar-refractivity contribution >= 4 is 11.9 Å². The molecular formula is C49H76O19. The Morgan fingerprint density at radius 2 is 1.34 bits per heavy atom. The summed E-state index contributed by atoms with van der Waals surface area (Å²) in [5.74, 6) is 0.357. The molecule has 386 valence electrons. The van der Waals surface area contributed by atoms with E-state index in [-0.39, 0.29) is 54.0 Å². The number of carbonyl (C=O) groups excluding carboxylic acids is 2. The lowest BCUT2D eigenvalue weighted by Gasteiger charge is -2.64. The molecule has 4 aliphatic carbocycles. The fourth-order valence-electron chi connectivity index (χ4n) is 14.6. The van der Waals surface area contributed by atoms with Crippen LogP contribution in [0.25, 0.3) is 0 Å². The number of rotatable bonds is 11. The molecule has 0 aromatic heterocycles. The fraction of sp³-hybridized carbons (Fsp3) is 0.918. The molecule has 5 heterocycles. The van der Waals surface area contributed by atoms with Gasteiger partial charge in [-0.1, -0.05) is 13.8 Å². The Labute approximate surface area is 398 Å². The lowest BCUT2D eigenvalue weighted by Crippen LogP contribution is -2.62. The van der Waals surface area contributed by atoms with Crippen LogP contribution in [0, 0.1) is 34.5 Å². The van der Waals surface area contributed by atoms with E-state index in [0.717, 1.165) is 63.4 Å². The van der Waals surface area contributed by atoms with E-state index < -0.39 is 123 Å². The normalized spacial score (nSPS) is 52.8. The van der Waals surface area contributed by atoms with Gasteiger partial charge in [0.1, 0.15) is 55.4 Å². The second-order valence-electron chi connectivity index (χ2n) is 22.1. The number of ether oxygens (including phenoxy) is 10. The van der Waals surface area contributed by atoms with Crippen molar-refractivity contribution in [3.63, 3.8) is 0 Å². The van der Waals surface area contributed by atoms with Crippen LogP contribution in [0.5, 0.6) is 0 Å². The zero-order valence-electron chi connectivity index (χ0n) is 40.2. The molecule has 0 bridgehead atoms. The van der Waals surface area contributed by atoms with Crippen molar-refractivity contribution in [2.75, 3.05) is 13.2 Å². The zero-order chi connectivity index (χ0) is 48.6. The van der Waals surface area contributed by atoms with E-state index in [2.05, 4.69) is 13.8 Å². The Bertz CT molecular complexity index is 1810. The van der Waals surface area contributed by atoms with E-state index in [4.69, 9.17) is 47.4 Å². The minimum absolute atomic E-state index is 0.0126. The van der Waals surface area contributed by atoms with Gasteiger partial charge in [0, 0.05) is 37.7 Å². The zero-order valence-corrected chi connectivity index (χ0v) is 40.2. The minimum atomic E-state index is -1.68. The molecule has 0 aromatic carbocycles. The van der Waals surface area contributed by atoms with Gasteiger partial charge in [0.15, 0.2) is 25.2 Å². The van der Waals surface area contributed by atoms with Gasteiger partial charge >= 0.3 is 11.9 Å². The van der Waals surface area contributed by atoms with Gasteiger partial charge in [-0.25, -0.2) is 4.79 Å². The standard InChI is InChI=1S/C49H76O19/c1-22-43(66-38-18-33(53)44(23(2)61-38)67-39-19-34(63-25(4)51)45(24(3)62-39)68-46-42(57)41(56)40(55)35(20-50)65-46)32(52)17-37(60-22)64-28-9-12-47(5)27(16-28)7-8-31-30(47)10-13-48(6)29(11-14-49(31,48)58)26-15-36(54)59-21-26/h15,22-24,27-35,37-46,50,52-53,55-58H,7-14,16-21H2,1-6H3/t22-,23-,24-,27-,28+,29-,30-,31+,32+,33+,34-,35-,37+,38-,39-,40-,41+,42-,43-,44-,45-,46+,47+,48-,49+/m1/s1. The number of carbonyl (C=O) groups is 2. The molecule has 5 aliphatic heterocycles. The summed E-state index contributed by atoms with van der Waals surface area (Å²) in [6, 6.07) is 0. The highest BCUT2D eigenvalue weighted by atomic mass is 16.8. The lowest BCUT2D eigenvalue weighted by molar-refractivity contribution is -0.355. The summed E-state index contributed by atoms with van der Waals surface area (Å²) in [6.45, 7) is 10.8. The second-order valence-corrected chi connectivity index (χ2v) is 22.1. The van der Waals surface area contributed by atoms with Crippen molar-refractivity contribution in [1.82, 2.24) is 0 Å². The molecule has 68 heavy (non-hydrogen) atoms. The van der Waals surface area contributed by atoms with Crippen molar-refractivity contribution in [2.45, 2.75) is 235 Å². The summed E-state index contributed by atoms with van der Waals surface area (Å²) in [6.07, 6.45) is -7.65. The molecule has 19 nitrogen and oxygen atoms in total. The Hall–Kier alpha value is -1.92. The average molecular weight is 969 g/mol. The molecule has 25 atom stereocenters. The van der Waals surface area contributed by atoms with Gasteiger partial charge in [-0.15, -0.1) is 0 Å². The summed E-state index contributed by atoms with van der Waals surface area (Å²) in [4.78, 5) is 24.2. The summed E-state index contributed by atoms with van der Waals surface area (Å²) in [5, 5.41) is 76.1. The van der Waals surface area contributed by atoms with Gasteiger partial charge in [-0.3, -0.25) is 4.79 Å². The van der Waals surface area contributed by atoms with Gasteiger partial charge in [-0.2, -0.15) is 0 Å². The van der Waals surface area contributed by atoms with Crippen LogP contribution in [0.4, 0.5) is 0 Å². The van der Waals surface area contributed by atoms with E-state index in [1.165, 1.54) is 6.92 Å². The van der Waals surface area contributed by atoms with E-state index in [0.29, 0.717) is 18.4 Å². The third-order valence-corrected chi connectivity index (χ3v) is 18.3. The van der Waals surface area contributed by atoms with E-state index in [9.17, 15) is 45.3 Å². The number of aliphatic hydroxyl groups is 7. The SMILES string of the molecule is CC(=O)O[C@@H]1C[C@@H](O[C@H]2[C@@H](O)C[C@@H](O[C@H]3[C@@H](O)C[C@H](O[C@H]4CC[C@@]5(C)[C@H](CC[C@H]6[C@H]5CC[C@]5(C)[C@@H](C7=CC(=O)OC7)CC[C@]65O)C4)O[C@@H]3C)O[C@@H]2C)O[C@H](C)[C@H]1O[C@@H]1O[C@H](CO)[C@@H](O)[C@H](O)[C@H]1O. The number of esters is 2. The molecule has 0 radical (unpaired) electrons. The van der Waals surface area contributed by atoms with Crippen molar-refractivity contribution in [1.29, 1.82) is 0 Å². The summed E-state index contributed by atoms with van der Waals surface area (Å²) < 4.78 is 60.2. The lowest BCUT2D eigenvalue weighted by atomic mass is 9.43. The molecule has 0 spiro atoms. The molecule has 0 amide bonds. The minimum Gasteiger partial charge on any atom is -0.459 e. The number of aliphatic hydroxyl groups excluding tert-OH is 6. The highest BCUT2D eigenvalue weighted by molar-refractivity contribution is 5.85. The molecule has 4 saturated heterocycles. The highest BCUT2D eigenvalue weighted by Gasteiger charge is 2.68. The smallest absolute Gasteiger partial charge is 0.331 e. The van der Waals surface area contributed by atoms with Crippen LogP contribution in [0.1, 0.15) is 119 Å². The molecule has 19 heteroatoms. The van der Waals surface area contributed by atoms with Gasteiger partial charge < -0.3 is 83.1 Å². The predicted molar refractivity (Wildman–Crippen MR) is 233 cm³/mol. The van der Waals surface area contributed by atoms with Crippen molar-refractivity contribution in [3.8, 4) is 0 Å². The highest BCUT2D eigenvalue weighted by Crippen LogP contribution is 2.70. The van der Waals surface area contributed by atoms with Crippen LogP contribution in [-0.4, -0.2) is 177 Å². The maximum Gasteiger partial charge on any atom is 0.331 e. The average Bonchev–Trinajstić information content (AvgIpc) is 3.83. The van der Waals surface area contributed by atoms with Crippen LogP contribution in [0.3, 0.4) is 0 Å². The molecule has 8 fully saturated rings. The quantitative estimate of drug-likeness (QED) is 0.115. The van der Waals surface area contributed by atoms with E-state index in [1.54, 1.807) is 19.9 Å². The molecule has 4 saturated carbocycles. The van der Waals surface area contributed by atoms with Gasteiger partial charge in [0.2, 0.25) is 0 Å². The van der Waals surface area contributed by atoms with Gasteiger partial charge in [-0.05, 0) is 113 Å². The summed E-state index contributed by atoms with van der Waals surface area (Å²) >= 11 is 0. The summed E-state index contributed by atoms with van der Waals surface area (Å²) in [5.41, 5.74) is 0.0925. The Morgan fingerprint density at radius 1 is 0.706 bits per heavy atom. The van der Waals surface area contributed by atoms with E-state index >= 15 is 0 Å². The largest absolute Gasteiger partial charge is 0.459 e. The van der Waals surface area contributed by atoms with Crippen LogP contribution >= 0.6 is 0 Å². The first kappa shape index (κ1) is 51.0. The van der Waals surface area contributed by atoms with Crippen molar-refractivity contribution in [2.24, 2.45) is 34.5 Å². The number of hydrogen-bond donors (Lipinski definition) is 7. The molecule has 7 N–H and O–H groups in total. The van der Waals surface area contributed by atoms with Crippen molar-refractivity contribution in [3.05, 3.63) is 11.6 Å². The van der Waals surface area contributed by atoms with Crippen LogP contribution < -0.4 is 0 Å². The Kier molecular flexibility index (Phi) is 14.9. The number of cyclic esters (lactones) is 1. The van der Waals surface area contributed by atoms with Gasteiger partial charge in [0.25, 0.3) is 0 Å². The molecule has 9 aliphatic rings. The Balaban J connectivity index is 0.746. The van der Waals surface area contributed by atoms with Crippen LogP contribution in [-0.2, 0) is 57.0 Å².